The summed E-state index contributed by atoms with van der Waals surface area (Å²) in [6.45, 7) is 3.34. The van der Waals surface area contributed by atoms with Gasteiger partial charge in [0.2, 0.25) is 5.62 Å². The van der Waals surface area contributed by atoms with Crippen LogP contribution in [0.2, 0.25) is 10.0 Å². The zero-order valence-corrected chi connectivity index (χ0v) is 18.1. The van der Waals surface area contributed by atoms with Gasteiger partial charge in [-0.15, -0.1) is 0 Å². The maximum atomic E-state index is 10.5. The Balaban J connectivity index is 1.73. The predicted octanol–water partition coefficient (Wildman–Crippen LogP) is 5.25. The van der Waals surface area contributed by atoms with E-state index < -0.39 is 6.10 Å². The minimum atomic E-state index is -0.782. The van der Waals surface area contributed by atoms with Crippen LogP contribution in [0.1, 0.15) is 32.6 Å². The Labute approximate surface area is 181 Å². The Bertz CT molecular complexity index is 1010. The summed E-state index contributed by atoms with van der Waals surface area (Å²) < 4.78 is 9.52. The average Bonchev–Trinajstić information content (AvgIpc) is 2.96. The molecule has 156 valence electrons. The molecule has 0 aliphatic heterocycles. The summed E-state index contributed by atoms with van der Waals surface area (Å²) in [5.41, 5.74) is 2.35. The summed E-state index contributed by atoms with van der Waals surface area (Å²) in [6, 6.07) is 12.9. The molecule has 1 atom stereocenters. The largest absolute Gasteiger partial charge is 0.489 e. The first-order valence-electron chi connectivity index (χ1n) is 9.99. The Kier molecular flexibility index (Phi) is 7.64. The highest BCUT2D eigenvalue weighted by molar-refractivity contribution is 6.35. The lowest BCUT2D eigenvalue weighted by molar-refractivity contribution is 0.0921. The number of rotatable bonds is 10. The monoisotopic (exact) mass is 435 g/mol. The van der Waals surface area contributed by atoms with Crippen LogP contribution >= 0.6 is 23.2 Å². The number of halogens is 2. The van der Waals surface area contributed by atoms with E-state index in [0.717, 1.165) is 30.4 Å². The molecule has 0 amide bonds. The molecule has 1 heterocycles. The van der Waals surface area contributed by atoms with Gasteiger partial charge in [-0.2, -0.15) is 0 Å². The Morgan fingerprint density at radius 2 is 1.76 bits per heavy atom. The van der Waals surface area contributed by atoms with Crippen LogP contribution in [0.3, 0.4) is 0 Å². The van der Waals surface area contributed by atoms with E-state index in [1.807, 2.05) is 33.4 Å². The SMILES string of the molecule is CCCCCCn1c(=N)n(C[C@@H](O)COc2ccc(Cl)cc2Cl)c2ccccc21. The molecule has 0 saturated carbocycles. The third-order valence-corrected chi connectivity index (χ3v) is 5.46. The number of fused-ring (bicyclic) bond motifs is 1. The van der Waals surface area contributed by atoms with Crippen LogP contribution in [0.15, 0.2) is 42.5 Å². The standard InChI is InChI=1S/C22H27Cl2N3O2/c1-2-3-4-7-12-26-19-8-5-6-9-20(19)27(22(26)25)14-17(28)15-29-21-11-10-16(23)13-18(21)24/h5-6,8-11,13,17,25,28H,2-4,7,12,14-15H2,1H3/t17-/m1/s1. The van der Waals surface area contributed by atoms with Gasteiger partial charge in [0.15, 0.2) is 0 Å². The van der Waals surface area contributed by atoms with E-state index >= 15 is 0 Å². The van der Waals surface area contributed by atoms with Crippen molar-refractivity contribution in [1.29, 1.82) is 5.41 Å². The normalized spacial score (nSPS) is 12.4. The van der Waals surface area contributed by atoms with Crippen LogP contribution in [0.25, 0.3) is 11.0 Å². The molecule has 3 rings (SSSR count). The highest BCUT2D eigenvalue weighted by Crippen LogP contribution is 2.27. The summed E-state index contributed by atoms with van der Waals surface area (Å²) in [4.78, 5) is 0. The van der Waals surface area contributed by atoms with Crippen LogP contribution in [0.5, 0.6) is 5.75 Å². The number of unbranched alkanes of at least 4 members (excludes halogenated alkanes) is 3. The number of hydrogen-bond donors (Lipinski definition) is 2. The van der Waals surface area contributed by atoms with Gasteiger partial charge in [0.1, 0.15) is 18.5 Å². The first-order valence-corrected chi connectivity index (χ1v) is 10.8. The fraction of sp³-hybridized carbons (Fsp3) is 0.409. The Morgan fingerprint density at radius 1 is 1.03 bits per heavy atom. The fourth-order valence-electron chi connectivity index (χ4n) is 3.44. The van der Waals surface area contributed by atoms with Crippen LogP contribution in [0.4, 0.5) is 0 Å². The van der Waals surface area contributed by atoms with Gasteiger partial charge in [-0.05, 0) is 36.8 Å². The number of nitrogens with one attached hydrogen (secondary N) is 1. The quantitative estimate of drug-likeness (QED) is 0.427. The number of imidazole rings is 1. The minimum absolute atomic E-state index is 0.0732. The predicted molar refractivity (Wildman–Crippen MR) is 118 cm³/mol. The van der Waals surface area contributed by atoms with Gasteiger partial charge in [-0.25, -0.2) is 0 Å². The molecule has 0 aliphatic rings. The smallest absolute Gasteiger partial charge is 0.203 e. The van der Waals surface area contributed by atoms with Crippen LogP contribution in [0, 0.1) is 5.41 Å². The summed E-state index contributed by atoms with van der Waals surface area (Å²) in [5.74, 6) is 0.476. The summed E-state index contributed by atoms with van der Waals surface area (Å²) >= 11 is 12.0. The number of ether oxygens (including phenoxy) is 1. The number of hydrogen-bond acceptors (Lipinski definition) is 3. The molecule has 0 bridgehead atoms. The van der Waals surface area contributed by atoms with Crippen LogP contribution < -0.4 is 10.4 Å². The summed E-state index contributed by atoms with van der Waals surface area (Å²) in [6.07, 6.45) is 3.80. The molecule has 2 N–H and O–H groups in total. The number of benzene rings is 2. The molecular weight excluding hydrogens is 409 g/mol. The molecule has 0 saturated heterocycles. The molecule has 0 aliphatic carbocycles. The Hall–Kier alpha value is -1.95. The van der Waals surface area contributed by atoms with Crippen molar-refractivity contribution in [1.82, 2.24) is 9.13 Å². The van der Waals surface area contributed by atoms with Crippen molar-refractivity contribution in [2.75, 3.05) is 6.61 Å². The van der Waals surface area contributed by atoms with Gasteiger partial charge in [-0.1, -0.05) is 61.5 Å². The second-order valence-electron chi connectivity index (χ2n) is 7.17. The zero-order valence-electron chi connectivity index (χ0n) is 16.6. The number of aliphatic hydroxyl groups is 1. The van der Waals surface area contributed by atoms with E-state index in [1.165, 1.54) is 12.8 Å². The number of aryl methyl sites for hydroxylation is 1. The van der Waals surface area contributed by atoms with Gasteiger partial charge in [0.05, 0.1) is 22.6 Å². The first kappa shape index (κ1) is 21.8. The topological polar surface area (TPSA) is 63.2 Å². The van der Waals surface area contributed by atoms with Crippen molar-refractivity contribution in [2.24, 2.45) is 0 Å². The maximum absolute atomic E-state index is 10.5. The van der Waals surface area contributed by atoms with Crippen LogP contribution in [-0.4, -0.2) is 27.0 Å². The number of aliphatic hydroxyl groups excluding tert-OH is 1. The molecule has 1 aromatic heterocycles. The minimum Gasteiger partial charge on any atom is -0.489 e. The molecule has 0 unspecified atom stereocenters. The highest BCUT2D eigenvalue weighted by Gasteiger charge is 2.15. The third kappa shape index (κ3) is 5.35. The molecule has 7 heteroatoms. The van der Waals surface area contributed by atoms with Gasteiger partial charge in [0.25, 0.3) is 0 Å². The van der Waals surface area contributed by atoms with E-state index in [9.17, 15) is 5.11 Å². The average molecular weight is 436 g/mol. The van der Waals surface area contributed by atoms with Crippen molar-refractivity contribution < 1.29 is 9.84 Å². The molecule has 0 radical (unpaired) electrons. The van der Waals surface area contributed by atoms with Gasteiger partial charge >= 0.3 is 0 Å². The van der Waals surface area contributed by atoms with Crippen molar-refractivity contribution >= 4 is 34.2 Å². The maximum Gasteiger partial charge on any atom is 0.203 e. The molecule has 5 nitrogen and oxygen atoms in total. The van der Waals surface area contributed by atoms with E-state index in [-0.39, 0.29) is 13.2 Å². The zero-order chi connectivity index (χ0) is 20.8. The van der Waals surface area contributed by atoms with E-state index in [1.54, 1.807) is 18.2 Å². The number of para-hydroxylation sites is 2. The number of aromatic nitrogens is 2. The van der Waals surface area contributed by atoms with Crippen LogP contribution in [-0.2, 0) is 13.1 Å². The number of nitrogens with zero attached hydrogens (tertiary/aromatic N) is 2. The van der Waals surface area contributed by atoms with Gasteiger partial charge < -0.3 is 19.0 Å². The first-order chi connectivity index (χ1) is 14.0. The summed E-state index contributed by atoms with van der Waals surface area (Å²) in [7, 11) is 0. The van der Waals surface area contributed by atoms with Crippen molar-refractivity contribution in [3.8, 4) is 5.75 Å². The third-order valence-electron chi connectivity index (χ3n) is 4.93. The van der Waals surface area contributed by atoms with E-state index in [2.05, 4.69) is 6.92 Å². The molecule has 0 fully saturated rings. The van der Waals surface area contributed by atoms with Crippen molar-refractivity contribution in [2.45, 2.75) is 51.8 Å². The molecule has 2 aromatic carbocycles. The summed E-state index contributed by atoms with van der Waals surface area (Å²) in [5, 5.41) is 20.1. The van der Waals surface area contributed by atoms with E-state index in [0.29, 0.717) is 21.4 Å². The van der Waals surface area contributed by atoms with Crippen molar-refractivity contribution in [3.63, 3.8) is 0 Å². The molecule has 0 spiro atoms. The lowest BCUT2D eigenvalue weighted by atomic mass is 10.2. The van der Waals surface area contributed by atoms with Gasteiger partial charge in [-0.3, -0.25) is 5.41 Å². The molecular formula is C22H27Cl2N3O2. The van der Waals surface area contributed by atoms with Gasteiger partial charge in [0, 0.05) is 11.6 Å². The highest BCUT2D eigenvalue weighted by atomic mass is 35.5. The second kappa shape index (κ2) is 10.2. The fourth-order valence-corrected chi connectivity index (χ4v) is 3.91. The lowest BCUT2D eigenvalue weighted by Gasteiger charge is -2.14. The molecule has 29 heavy (non-hydrogen) atoms. The second-order valence-corrected chi connectivity index (χ2v) is 8.02. The molecule has 3 aromatic rings. The lowest BCUT2D eigenvalue weighted by Crippen LogP contribution is -2.31. The van der Waals surface area contributed by atoms with E-state index in [4.69, 9.17) is 33.3 Å². The van der Waals surface area contributed by atoms with Crippen molar-refractivity contribution in [3.05, 3.63) is 58.1 Å². The Morgan fingerprint density at radius 3 is 2.45 bits per heavy atom.